The quantitative estimate of drug-likeness (QED) is 0.0668. The normalized spacial score (nSPS) is 11.7. The summed E-state index contributed by atoms with van der Waals surface area (Å²) in [5.41, 5.74) is 12.9. The van der Waals surface area contributed by atoms with Crippen molar-refractivity contribution in [3.8, 4) is 34.5 Å². The molecule has 10 N–H and O–H groups in total. The Balaban J connectivity index is 0.000000327. The average molecular weight is 1620 g/mol. The first-order valence-corrected chi connectivity index (χ1v) is 22.8. The van der Waals surface area contributed by atoms with Gasteiger partial charge in [-0.05, 0) is 253 Å². The van der Waals surface area contributed by atoms with Crippen molar-refractivity contribution in [3.05, 3.63) is 88.2 Å². The summed E-state index contributed by atoms with van der Waals surface area (Å²) in [5, 5.41) is 52.8. The highest BCUT2D eigenvalue weighted by molar-refractivity contribution is 14.1. The van der Waals surface area contributed by atoms with Gasteiger partial charge in [0.2, 0.25) is 0 Å². The van der Waals surface area contributed by atoms with E-state index in [-0.39, 0.29) is 37.6 Å². The van der Waals surface area contributed by atoms with Crippen LogP contribution in [0, 0.1) is 28.6 Å². The van der Waals surface area contributed by atoms with Crippen LogP contribution in [0.25, 0.3) is 0 Å². The lowest BCUT2D eigenvalue weighted by molar-refractivity contribution is -0.139. The van der Waals surface area contributed by atoms with E-state index >= 15 is 0 Å². The second-order valence-corrected chi connectivity index (χ2v) is 19.5. The van der Waals surface area contributed by atoms with Gasteiger partial charge in [0.15, 0.2) is 11.5 Å². The molecule has 4 aromatic carbocycles. The summed E-state index contributed by atoms with van der Waals surface area (Å²) in [6.07, 6.45) is 0.521. The summed E-state index contributed by atoms with van der Waals surface area (Å²) in [6.45, 7) is -0.250. The number of ether oxygens (including phenoxy) is 2. The predicted molar refractivity (Wildman–Crippen MR) is 264 cm³/mol. The number of aliphatic hydroxyl groups is 2. The van der Waals surface area contributed by atoms with Crippen molar-refractivity contribution in [3.63, 3.8) is 0 Å². The van der Waals surface area contributed by atoms with E-state index in [0.717, 1.165) is 25.4 Å². The summed E-state index contributed by atoms with van der Waals surface area (Å²) in [6, 6.07) is 12.7. The number of carboxylic acids is 2. The van der Waals surface area contributed by atoms with Gasteiger partial charge in [0, 0.05) is 0 Å². The number of aliphatic carboxylic acids is 2. The lowest BCUT2D eigenvalue weighted by atomic mass is 10.1. The number of benzene rings is 4. The maximum Gasteiger partial charge on any atom is 0.320 e. The number of carboxylic acid groups (broad SMARTS) is 2. The Labute approximate surface area is 408 Å². The Hall–Kier alpha value is 0.700. The van der Waals surface area contributed by atoms with Crippen LogP contribution in [0.15, 0.2) is 48.5 Å². The molecule has 0 radical (unpaired) electrons. The van der Waals surface area contributed by atoms with Gasteiger partial charge in [0.05, 0.1) is 41.8 Å². The fourth-order valence-electron chi connectivity index (χ4n) is 3.78. The molecule has 0 fully saturated rings. The van der Waals surface area contributed by atoms with Crippen molar-refractivity contribution in [2.45, 2.75) is 24.9 Å². The molecule has 0 unspecified atom stereocenters. The third kappa shape index (κ3) is 15.6. The van der Waals surface area contributed by atoms with Crippen molar-refractivity contribution in [1.82, 2.24) is 0 Å². The van der Waals surface area contributed by atoms with E-state index in [1.165, 1.54) is 0 Å². The number of hydrogen-bond donors (Lipinski definition) is 8. The van der Waals surface area contributed by atoms with E-state index in [1.54, 1.807) is 24.3 Å². The minimum atomic E-state index is -1.02. The highest BCUT2D eigenvalue weighted by atomic mass is 127. The van der Waals surface area contributed by atoms with Crippen LogP contribution in [0.4, 0.5) is 0 Å². The van der Waals surface area contributed by atoms with E-state index in [0.29, 0.717) is 37.3 Å². The largest absolute Gasteiger partial charge is 0.506 e. The number of nitrogens with two attached hydrogens (primary N) is 2. The van der Waals surface area contributed by atoms with Gasteiger partial charge in [-0.3, -0.25) is 9.59 Å². The topological polar surface area (TPSA) is 226 Å². The zero-order valence-corrected chi connectivity index (χ0v) is 43.4. The number of rotatable bonds is 11. The minimum Gasteiger partial charge on any atom is -0.506 e. The van der Waals surface area contributed by atoms with Crippen LogP contribution in [-0.4, -0.2) is 67.9 Å². The Kier molecular flexibility index (Phi) is 22.4. The predicted octanol–water partition coefficient (Wildman–Crippen LogP) is 8.09. The molecule has 4 aromatic rings. The summed E-state index contributed by atoms with van der Waals surface area (Å²) in [5.74, 6) is 1.10. The van der Waals surface area contributed by atoms with Gasteiger partial charge in [-0.2, -0.15) is 0 Å². The zero-order valence-electron chi connectivity index (χ0n) is 26.1. The van der Waals surface area contributed by atoms with Gasteiger partial charge in [-0.1, -0.05) is 0 Å². The number of aromatic hydroxyl groups is 2. The maximum atomic E-state index is 10.9. The third-order valence-electron chi connectivity index (χ3n) is 6.18. The maximum absolute atomic E-state index is 10.9. The molecule has 282 valence electrons. The fourth-order valence-corrected chi connectivity index (χ4v) is 11.4. The summed E-state index contributed by atoms with van der Waals surface area (Å²) < 4.78 is 18.3. The smallest absolute Gasteiger partial charge is 0.320 e. The molecule has 0 aliphatic carbocycles. The molecule has 2 atom stereocenters. The van der Waals surface area contributed by atoms with Gasteiger partial charge in [0.1, 0.15) is 35.1 Å². The van der Waals surface area contributed by atoms with Gasteiger partial charge < -0.3 is 51.6 Å². The molecule has 0 spiro atoms. The van der Waals surface area contributed by atoms with Crippen LogP contribution in [-0.2, 0) is 22.4 Å². The van der Waals surface area contributed by atoms with Crippen molar-refractivity contribution in [2.24, 2.45) is 11.5 Å². The third-order valence-corrected chi connectivity index (χ3v) is 12.7. The molecule has 0 saturated carbocycles. The lowest BCUT2D eigenvalue weighted by Crippen LogP contribution is -2.32. The summed E-state index contributed by atoms with van der Waals surface area (Å²) in [7, 11) is 0. The van der Waals surface area contributed by atoms with Crippen molar-refractivity contribution >= 4 is 193 Å². The van der Waals surface area contributed by atoms with E-state index in [1.807, 2.05) is 24.3 Å². The molecule has 0 heterocycles. The molecule has 12 nitrogen and oxygen atoms in total. The van der Waals surface area contributed by atoms with Crippen molar-refractivity contribution in [1.29, 1.82) is 0 Å². The van der Waals surface area contributed by atoms with E-state index in [9.17, 15) is 19.8 Å². The van der Waals surface area contributed by atoms with Crippen molar-refractivity contribution < 1.29 is 49.7 Å². The van der Waals surface area contributed by atoms with Crippen LogP contribution < -0.4 is 20.9 Å². The fraction of sp³-hybridized carbons (Fsp3) is 0.188. The molecule has 0 aromatic heterocycles. The van der Waals surface area contributed by atoms with Crippen LogP contribution in [0.3, 0.4) is 0 Å². The van der Waals surface area contributed by atoms with Gasteiger partial charge in [-0.25, -0.2) is 0 Å². The van der Waals surface area contributed by atoms with Gasteiger partial charge in [-0.15, -0.1) is 0 Å². The Morgan fingerprint density at radius 1 is 0.519 bits per heavy atom. The Bertz CT molecular complexity index is 1670. The Morgan fingerprint density at radius 3 is 0.981 bits per heavy atom. The summed E-state index contributed by atoms with van der Waals surface area (Å²) >= 11 is 16.8. The number of phenolic OH excluding ortho intramolecular Hbond substituents is 2. The SMILES string of the molecule is N[C@@H](Cc1cc(I)c(Oc2cc(I)c(O)c(I)c2)c(I)c1)C(=O)O.N[C@@H](Cc1cc(I)c(Oc2cc(I)c(O)c(I)c2)c(I)c1)C(=O)O.OCCO. The first-order valence-electron chi connectivity index (χ1n) is 14.1. The van der Waals surface area contributed by atoms with Crippen LogP contribution in [0.1, 0.15) is 11.1 Å². The molecule has 20 heteroatoms. The highest BCUT2D eigenvalue weighted by Gasteiger charge is 2.18. The minimum absolute atomic E-state index is 0.125. The summed E-state index contributed by atoms with van der Waals surface area (Å²) in [4.78, 5) is 21.8. The molecular formula is C32H28I8N2O10. The molecule has 0 aliphatic heterocycles. The number of hydrogen-bond acceptors (Lipinski definition) is 10. The second-order valence-electron chi connectivity index (χ2n) is 10.2. The number of carbonyl (C=O) groups is 2. The molecule has 0 saturated heterocycles. The Morgan fingerprint density at radius 2 is 0.769 bits per heavy atom. The number of halogens is 8. The van der Waals surface area contributed by atoms with E-state index < -0.39 is 24.0 Å². The van der Waals surface area contributed by atoms with Crippen LogP contribution in [0.5, 0.6) is 34.5 Å². The number of aliphatic hydroxyl groups excluding tert-OH is 2. The van der Waals surface area contributed by atoms with Crippen molar-refractivity contribution in [2.75, 3.05) is 13.2 Å². The first kappa shape index (κ1) is 48.8. The second kappa shape index (κ2) is 23.8. The monoisotopic (exact) mass is 1620 g/mol. The van der Waals surface area contributed by atoms with Gasteiger partial charge >= 0.3 is 11.9 Å². The first-order chi connectivity index (χ1) is 24.3. The van der Waals surface area contributed by atoms with Gasteiger partial charge in [0.25, 0.3) is 0 Å². The lowest BCUT2D eigenvalue weighted by Gasteiger charge is -2.14. The molecule has 4 rings (SSSR count). The standard InChI is InChI=1S/2C15H11I4NO4.C2H6O2/c2*16-8-4-7(5-9(17)13(8)21)24-14-10(18)1-6(2-11(14)19)3-12(20)15(22)23;3-1-2-4/h2*1-2,4-5,12,21H,3,20H2,(H,22,23);3-4H,1-2H2/t2*12-;/m00./s1. The highest BCUT2D eigenvalue weighted by Crippen LogP contribution is 2.38. The molecule has 0 bridgehead atoms. The van der Waals surface area contributed by atoms with E-state index in [4.69, 9.17) is 41.4 Å². The number of phenols is 2. The molecular weight excluding hydrogens is 1590 g/mol. The zero-order chi connectivity index (χ0) is 39.4. The van der Waals surface area contributed by atoms with E-state index in [2.05, 4.69) is 181 Å². The van der Waals surface area contributed by atoms with Crippen LogP contribution >= 0.6 is 181 Å². The van der Waals surface area contributed by atoms with Crippen LogP contribution in [0.2, 0.25) is 0 Å². The molecule has 52 heavy (non-hydrogen) atoms. The molecule has 0 aliphatic rings. The average Bonchev–Trinajstić information content (AvgIpc) is 3.06. The molecule has 0 amide bonds.